The van der Waals surface area contributed by atoms with Gasteiger partial charge in [0.15, 0.2) is 0 Å². The number of hydrogen-bond acceptors (Lipinski definition) is 4. The lowest BCUT2D eigenvalue weighted by Crippen LogP contribution is -2.50. The number of hydrogen-bond donors (Lipinski definition) is 1. The summed E-state index contributed by atoms with van der Waals surface area (Å²) in [4.78, 5) is 0.489. The molecule has 0 aromatic carbocycles. The molecule has 2 N–H and O–H groups in total. The van der Waals surface area contributed by atoms with Gasteiger partial charge in [0, 0.05) is 13.1 Å². The van der Waals surface area contributed by atoms with Crippen molar-refractivity contribution in [3.05, 3.63) is 0 Å². The van der Waals surface area contributed by atoms with E-state index in [-0.39, 0.29) is 4.75 Å². The fourth-order valence-electron chi connectivity index (χ4n) is 1.73. The van der Waals surface area contributed by atoms with Crippen molar-refractivity contribution < 1.29 is 8.42 Å². The van der Waals surface area contributed by atoms with E-state index in [1.54, 1.807) is 11.8 Å². The third-order valence-electron chi connectivity index (χ3n) is 2.84. The standard InChI is InChI=1S/C8H16N2O2S3/c1-14-8(7(9)13)3-5-10(6-4-8)15(2,11)12/h3-6H2,1-2H3,(H2,9,13). The van der Waals surface area contributed by atoms with Gasteiger partial charge < -0.3 is 5.73 Å². The summed E-state index contributed by atoms with van der Waals surface area (Å²) < 4.78 is 23.9. The molecule has 1 fully saturated rings. The van der Waals surface area contributed by atoms with Crippen LogP contribution in [0.3, 0.4) is 0 Å². The molecule has 4 nitrogen and oxygen atoms in total. The van der Waals surface area contributed by atoms with Crippen LogP contribution in [0.5, 0.6) is 0 Å². The van der Waals surface area contributed by atoms with Crippen LogP contribution in [0.4, 0.5) is 0 Å². The highest BCUT2D eigenvalue weighted by Gasteiger charge is 2.38. The zero-order chi connectivity index (χ0) is 11.7. The van der Waals surface area contributed by atoms with Crippen LogP contribution in [-0.2, 0) is 10.0 Å². The number of thioether (sulfide) groups is 1. The zero-order valence-electron chi connectivity index (χ0n) is 8.89. The minimum Gasteiger partial charge on any atom is -0.392 e. The summed E-state index contributed by atoms with van der Waals surface area (Å²) in [5.74, 6) is 0. The van der Waals surface area contributed by atoms with Crippen LogP contribution >= 0.6 is 24.0 Å². The molecule has 0 aromatic heterocycles. The fraction of sp³-hybridized carbons (Fsp3) is 0.875. The smallest absolute Gasteiger partial charge is 0.211 e. The quantitative estimate of drug-likeness (QED) is 0.752. The Morgan fingerprint density at radius 1 is 1.47 bits per heavy atom. The summed E-state index contributed by atoms with van der Waals surface area (Å²) in [5.41, 5.74) is 5.71. The van der Waals surface area contributed by atoms with E-state index in [0.717, 1.165) is 0 Å². The zero-order valence-corrected chi connectivity index (χ0v) is 11.3. The van der Waals surface area contributed by atoms with Crippen LogP contribution < -0.4 is 5.73 Å². The molecule has 1 rings (SSSR count). The highest BCUT2D eigenvalue weighted by molar-refractivity contribution is 8.02. The van der Waals surface area contributed by atoms with Crippen LogP contribution in [0.15, 0.2) is 0 Å². The maximum Gasteiger partial charge on any atom is 0.211 e. The Balaban J connectivity index is 2.74. The third-order valence-corrected chi connectivity index (χ3v) is 6.07. The van der Waals surface area contributed by atoms with Gasteiger partial charge in [-0.2, -0.15) is 11.8 Å². The second kappa shape index (κ2) is 4.57. The highest BCUT2D eigenvalue weighted by Crippen LogP contribution is 2.35. The maximum absolute atomic E-state index is 11.3. The van der Waals surface area contributed by atoms with Crippen molar-refractivity contribution in [2.24, 2.45) is 5.73 Å². The lowest BCUT2D eigenvalue weighted by molar-refractivity contribution is 0.335. The van der Waals surface area contributed by atoms with Gasteiger partial charge in [-0.15, -0.1) is 0 Å². The predicted octanol–water partition coefficient (Wildman–Crippen LogP) is 0.430. The molecule has 1 saturated heterocycles. The molecule has 0 atom stereocenters. The first-order chi connectivity index (χ1) is 6.82. The van der Waals surface area contributed by atoms with Crippen molar-refractivity contribution in [1.29, 1.82) is 0 Å². The summed E-state index contributed by atoms with van der Waals surface area (Å²) in [5, 5.41) is 0. The van der Waals surface area contributed by atoms with Crippen LogP contribution in [-0.4, -0.2) is 48.1 Å². The molecule has 0 radical (unpaired) electrons. The number of nitrogens with two attached hydrogens (primary N) is 1. The molecule has 7 heteroatoms. The largest absolute Gasteiger partial charge is 0.392 e. The summed E-state index contributed by atoms with van der Waals surface area (Å²) in [6.07, 6.45) is 4.61. The minimum atomic E-state index is -3.07. The van der Waals surface area contributed by atoms with E-state index in [2.05, 4.69) is 0 Å². The number of sulfonamides is 1. The van der Waals surface area contributed by atoms with Gasteiger partial charge in [0.05, 0.1) is 16.0 Å². The Bertz CT molecular complexity index is 345. The molecule has 1 heterocycles. The van der Waals surface area contributed by atoms with Crippen molar-refractivity contribution >= 4 is 39.0 Å². The van der Waals surface area contributed by atoms with Crippen molar-refractivity contribution in [3.63, 3.8) is 0 Å². The third kappa shape index (κ3) is 2.83. The van der Waals surface area contributed by atoms with Crippen LogP contribution in [0.25, 0.3) is 0 Å². The summed E-state index contributed by atoms with van der Waals surface area (Å²) in [7, 11) is -3.07. The number of rotatable bonds is 3. The monoisotopic (exact) mass is 268 g/mol. The molecular weight excluding hydrogens is 252 g/mol. The van der Waals surface area contributed by atoms with Gasteiger partial charge in [-0.25, -0.2) is 12.7 Å². The molecule has 0 unspecified atom stereocenters. The first kappa shape index (κ1) is 13.2. The van der Waals surface area contributed by atoms with Gasteiger partial charge >= 0.3 is 0 Å². The van der Waals surface area contributed by atoms with E-state index in [0.29, 0.717) is 30.9 Å². The molecule has 0 saturated carbocycles. The highest BCUT2D eigenvalue weighted by atomic mass is 32.2. The van der Waals surface area contributed by atoms with Crippen molar-refractivity contribution in [2.45, 2.75) is 17.6 Å². The van der Waals surface area contributed by atoms with Crippen LogP contribution in [0.2, 0.25) is 0 Å². The number of nitrogens with zero attached hydrogens (tertiary/aromatic N) is 1. The summed E-state index contributed by atoms with van der Waals surface area (Å²) in [6.45, 7) is 1.02. The molecule has 0 aliphatic carbocycles. The Morgan fingerprint density at radius 3 is 2.20 bits per heavy atom. The van der Waals surface area contributed by atoms with Crippen molar-refractivity contribution in [1.82, 2.24) is 4.31 Å². The first-order valence-corrected chi connectivity index (χ1v) is 8.10. The number of thiocarbonyl (C=S) groups is 1. The Morgan fingerprint density at radius 2 is 1.93 bits per heavy atom. The van der Waals surface area contributed by atoms with Crippen LogP contribution in [0.1, 0.15) is 12.8 Å². The molecule has 1 aliphatic heterocycles. The minimum absolute atomic E-state index is 0.212. The molecule has 0 amide bonds. The molecule has 15 heavy (non-hydrogen) atoms. The van der Waals surface area contributed by atoms with Gasteiger partial charge in [-0.3, -0.25) is 0 Å². The topological polar surface area (TPSA) is 63.4 Å². The average molecular weight is 268 g/mol. The van der Waals surface area contributed by atoms with Gasteiger partial charge in [-0.05, 0) is 19.1 Å². The molecule has 88 valence electrons. The Kier molecular flexibility index (Phi) is 4.02. The van der Waals surface area contributed by atoms with Crippen molar-refractivity contribution in [2.75, 3.05) is 25.6 Å². The van der Waals surface area contributed by atoms with E-state index in [4.69, 9.17) is 18.0 Å². The SMILES string of the molecule is CSC1(C(N)=S)CCN(S(C)(=O)=O)CC1. The van der Waals surface area contributed by atoms with Crippen molar-refractivity contribution in [3.8, 4) is 0 Å². The van der Waals surface area contributed by atoms with Gasteiger partial charge in [0.1, 0.15) is 0 Å². The fourth-order valence-corrected chi connectivity index (χ4v) is 3.82. The summed E-state index contributed by atoms with van der Waals surface area (Å²) >= 11 is 6.67. The normalized spacial score (nSPS) is 22.5. The Labute approximate surface area is 101 Å². The second-order valence-electron chi connectivity index (χ2n) is 3.72. The molecular formula is C8H16N2O2S3. The summed E-state index contributed by atoms with van der Waals surface area (Å²) in [6, 6.07) is 0. The van der Waals surface area contributed by atoms with E-state index >= 15 is 0 Å². The van der Waals surface area contributed by atoms with Crippen LogP contribution in [0, 0.1) is 0 Å². The first-order valence-electron chi connectivity index (χ1n) is 4.62. The average Bonchev–Trinajstić information content (AvgIpc) is 2.16. The molecule has 1 aliphatic rings. The molecule has 0 aromatic rings. The predicted molar refractivity (Wildman–Crippen MR) is 68.7 cm³/mol. The van der Waals surface area contributed by atoms with E-state index < -0.39 is 10.0 Å². The van der Waals surface area contributed by atoms with Gasteiger partial charge in [0.25, 0.3) is 0 Å². The maximum atomic E-state index is 11.3. The molecule has 0 spiro atoms. The molecule has 0 bridgehead atoms. The van der Waals surface area contributed by atoms with Gasteiger partial charge in [-0.1, -0.05) is 12.2 Å². The number of piperidine rings is 1. The lowest BCUT2D eigenvalue weighted by atomic mass is 9.97. The van der Waals surface area contributed by atoms with E-state index in [1.807, 2.05) is 6.26 Å². The Hall–Kier alpha value is 0.150. The van der Waals surface area contributed by atoms with E-state index in [1.165, 1.54) is 10.6 Å². The lowest BCUT2D eigenvalue weighted by Gasteiger charge is -2.38. The second-order valence-corrected chi connectivity index (χ2v) is 7.34. The van der Waals surface area contributed by atoms with Gasteiger partial charge in [0.2, 0.25) is 10.0 Å². The van der Waals surface area contributed by atoms with E-state index in [9.17, 15) is 8.42 Å².